The number of benzene rings is 1. The van der Waals surface area contributed by atoms with E-state index in [1.54, 1.807) is 20.1 Å². The third-order valence-electron chi connectivity index (χ3n) is 7.13. The molecule has 174 valence electrons. The van der Waals surface area contributed by atoms with Crippen molar-refractivity contribution in [2.45, 2.75) is 64.3 Å². The van der Waals surface area contributed by atoms with Crippen molar-refractivity contribution in [3.8, 4) is 17.6 Å². The summed E-state index contributed by atoms with van der Waals surface area (Å²) >= 11 is 0. The number of hydrogen-bond donors (Lipinski definition) is 2. The SMILES string of the molecule is COc1cc(C#CC2=CCC(C=C(C)C(=O)O)C=C2)cc2c1C(NCC1CC1)CCC2(C)C. The van der Waals surface area contributed by atoms with Gasteiger partial charge in [-0.15, -0.1) is 0 Å². The number of nitrogens with one attached hydrogen (secondary N) is 1. The van der Waals surface area contributed by atoms with Gasteiger partial charge < -0.3 is 15.2 Å². The van der Waals surface area contributed by atoms with Gasteiger partial charge in [0.2, 0.25) is 0 Å². The van der Waals surface area contributed by atoms with E-state index >= 15 is 0 Å². The van der Waals surface area contributed by atoms with Crippen LogP contribution in [-0.4, -0.2) is 24.7 Å². The maximum Gasteiger partial charge on any atom is 0.330 e. The average molecular weight is 446 g/mol. The smallest absolute Gasteiger partial charge is 0.330 e. The Morgan fingerprint density at radius 2 is 2.06 bits per heavy atom. The quantitative estimate of drug-likeness (QED) is 0.436. The van der Waals surface area contributed by atoms with Crippen LogP contribution in [0.4, 0.5) is 0 Å². The summed E-state index contributed by atoms with van der Waals surface area (Å²) in [7, 11) is 1.76. The first-order valence-electron chi connectivity index (χ1n) is 12.0. The molecule has 3 aliphatic rings. The van der Waals surface area contributed by atoms with E-state index in [0.29, 0.717) is 11.6 Å². The van der Waals surface area contributed by atoms with Crippen LogP contribution in [0.2, 0.25) is 0 Å². The highest BCUT2D eigenvalue weighted by atomic mass is 16.5. The van der Waals surface area contributed by atoms with E-state index in [2.05, 4.69) is 49.2 Å². The zero-order valence-electron chi connectivity index (χ0n) is 20.2. The fraction of sp³-hybridized carbons (Fsp3) is 0.483. The van der Waals surface area contributed by atoms with Gasteiger partial charge in [0.25, 0.3) is 0 Å². The largest absolute Gasteiger partial charge is 0.496 e. The highest BCUT2D eigenvalue weighted by Gasteiger charge is 2.36. The predicted molar refractivity (Wildman–Crippen MR) is 132 cm³/mol. The number of carbonyl (C=O) groups is 1. The van der Waals surface area contributed by atoms with Crippen LogP contribution in [0.15, 0.2) is 47.6 Å². The van der Waals surface area contributed by atoms with Crippen LogP contribution in [-0.2, 0) is 10.2 Å². The maximum absolute atomic E-state index is 11.0. The molecule has 0 saturated heterocycles. The number of methoxy groups -OCH3 is 1. The van der Waals surface area contributed by atoms with Gasteiger partial charge in [-0.1, -0.05) is 50.0 Å². The lowest BCUT2D eigenvalue weighted by atomic mass is 9.70. The first-order chi connectivity index (χ1) is 15.8. The standard InChI is InChI=1S/C29H35NO3/c1-19(28(31)32)15-21-8-5-20(6-9-21)7-12-23-16-24-27(26(17-23)33-4)25(13-14-29(24,2)3)30-18-22-10-11-22/h5-6,8,15-17,21-22,25,30H,9-11,13-14,18H2,1-4H3,(H,31,32). The fourth-order valence-electron chi connectivity index (χ4n) is 4.80. The van der Waals surface area contributed by atoms with Gasteiger partial charge in [0, 0.05) is 28.3 Å². The molecule has 1 aromatic rings. The molecule has 2 atom stereocenters. The molecule has 0 aromatic heterocycles. The van der Waals surface area contributed by atoms with Gasteiger partial charge in [0.05, 0.1) is 7.11 Å². The van der Waals surface area contributed by atoms with Crippen LogP contribution in [0.5, 0.6) is 5.75 Å². The number of ether oxygens (including phenoxy) is 1. The van der Waals surface area contributed by atoms with Crippen molar-refractivity contribution in [1.29, 1.82) is 0 Å². The second-order valence-corrected chi connectivity index (χ2v) is 10.3. The lowest BCUT2D eigenvalue weighted by Gasteiger charge is -2.38. The van der Waals surface area contributed by atoms with Crippen LogP contribution < -0.4 is 10.1 Å². The van der Waals surface area contributed by atoms with Crippen molar-refractivity contribution < 1.29 is 14.6 Å². The van der Waals surface area contributed by atoms with E-state index in [9.17, 15) is 4.79 Å². The van der Waals surface area contributed by atoms with Crippen molar-refractivity contribution in [3.63, 3.8) is 0 Å². The molecular weight excluding hydrogens is 410 g/mol. The molecule has 0 spiro atoms. The number of fused-ring (bicyclic) bond motifs is 1. The van der Waals surface area contributed by atoms with Crippen LogP contribution in [0.3, 0.4) is 0 Å². The van der Waals surface area contributed by atoms with E-state index in [1.807, 2.05) is 12.2 Å². The van der Waals surface area contributed by atoms with Gasteiger partial charge in [-0.25, -0.2) is 4.79 Å². The molecule has 1 fully saturated rings. The van der Waals surface area contributed by atoms with Crippen molar-refractivity contribution in [3.05, 3.63) is 64.3 Å². The lowest BCUT2D eigenvalue weighted by molar-refractivity contribution is -0.132. The minimum atomic E-state index is -0.868. The molecule has 3 aliphatic carbocycles. The molecule has 0 bridgehead atoms. The third kappa shape index (κ3) is 5.60. The molecule has 4 nitrogen and oxygen atoms in total. The summed E-state index contributed by atoms with van der Waals surface area (Å²) in [5, 5.41) is 12.9. The molecule has 0 amide bonds. The second kappa shape index (κ2) is 9.61. The average Bonchev–Trinajstić information content (AvgIpc) is 3.62. The minimum absolute atomic E-state index is 0.0869. The maximum atomic E-state index is 11.0. The fourth-order valence-corrected chi connectivity index (χ4v) is 4.80. The Balaban J connectivity index is 1.56. The number of allylic oxidation sites excluding steroid dienone is 5. The third-order valence-corrected chi connectivity index (χ3v) is 7.13. The van der Waals surface area contributed by atoms with Gasteiger partial charge in [0.15, 0.2) is 0 Å². The molecule has 1 aromatic carbocycles. The van der Waals surface area contributed by atoms with Crippen LogP contribution in [0, 0.1) is 23.7 Å². The summed E-state index contributed by atoms with van der Waals surface area (Å²) in [4.78, 5) is 11.0. The molecule has 0 aliphatic heterocycles. The highest BCUT2D eigenvalue weighted by molar-refractivity contribution is 5.85. The molecule has 33 heavy (non-hydrogen) atoms. The summed E-state index contributed by atoms with van der Waals surface area (Å²) in [5.74, 6) is 7.66. The zero-order chi connectivity index (χ0) is 23.6. The van der Waals surface area contributed by atoms with Crippen molar-refractivity contribution >= 4 is 5.97 Å². The first kappa shape index (κ1) is 23.4. The van der Waals surface area contributed by atoms with Crippen LogP contribution in [0.1, 0.15) is 75.6 Å². The number of rotatable bonds is 6. The van der Waals surface area contributed by atoms with E-state index in [0.717, 1.165) is 48.6 Å². The Morgan fingerprint density at radius 1 is 1.27 bits per heavy atom. The molecule has 0 radical (unpaired) electrons. The number of carboxylic acid groups (broad SMARTS) is 1. The molecule has 4 heteroatoms. The minimum Gasteiger partial charge on any atom is -0.496 e. The number of hydrogen-bond acceptors (Lipinski definition) is 3. The topological polar surface area (TPSA) is 58.6 Å². The Labute approximate surface area is 197 Å². The number of aliphatic carboxylic acids is 1. The van der Waals surface area contributed by atoms with Crippen LogP contribution in [0.25, 0.3) is 0 Å². The summed E-state index contributed by atoms with van der Waals surface area (Å²) < 4.78 is 5.87. The summed E-state index contributed by atoms with van der Waals surface area (Å²) in [5.41, 5.74) is 5.05. The molecule has 2 N–H and O–H groups in total. The zero-order valence-corrected chi connectivity index (χ0v) is 20.2. The lowest BCUT2D eigenvalue weighted by Crippen LogP contribution is -2.34. The van der Waals surface area contributed by atoms with E-state index < -0.39 is 5.97 Å². The van der Waals surface area contributed by atoms with Crippen molar-refractivity contribution in [1.82, 2.24) is 5.32 Å². The molecule has 2 unspecified atom stereocenters. The van der Waals surface area contributed by atoms with Crippen molar-refractivity contribution in [2.75, 3.05) is 13.7 Å². The normalized spacial score (nSPS) is 23.8. The van der Waals surface area contributed by atoms with Gasteiger partial charge >= 0.3 is 5.97 Å². The van der Waals surface area contributed by atoms with Gasteiger partial charge in [0.1, 0.15) is 5.75 Å². The molecular formula is C29H35NO3. The summed E-state index contributed by atoms with van der Waals surface area (Å²) in [6.45, 7) is 7.36. The van der Waals surface area contributed by atoms with E-state index in [1.165, 1.54) is 24.0 Å². The molecule has 1 saturated carbocycles. The van der Waals surface area contributed by atoms with Gasteiger partial charge in [-0.2, -0.15) is 0 Å². The van der Waals surface area contributed by atoms with E-state index in [4.69, 9.17) is 9.84 Å². The second-order valence-electron chi connectivity index (χ2n) is 10.3. The first-order valence-corrected chi connectivity index (χ1v) is 12.0. The predicted octanol–water partition coefficient (Wildman–Crippen LogP) is 5.69. The molecule has 0 heterocycles. The van der Waals surface area contributed by atoms with Gasteiger partial charge in [-0.3, -0.25) is 0 Å². The van der Waals surface area contributed by atoms with Crippen LogP contribution >= 0.6 is 0 Å². The monoisotopic (exact) mass is 445 g/mol. The Hall–Kier alpha value is -2.77. The molecule has 4 rings (SSSR count). The van der Waals surface area contributed by atoms with Crippen molar-refractivity contribution in [2.24, 2.45) is 11.8 Å². The van der Waals surface area contributed by atoms with E-state index in [-0.39, 0.29) is 11.3 Å². The van der Waals surface area contributed by atoms with Gasteiger partial charge in [-0.05, 0) is 80.5 Å². The number of carboxylic acids is 1. The Kier molecular flexibility index (Phi) is 6.81. The Bertz CT molecular complexity index is 1080. The summed E-state index contributed by atoms with van der Waals surface area (Å²) in [6, 6.07) is 4.67. The summed E-state index contributed by atoms with van der Waals surface area (Å²) in [6.07, 6.45) is 13.6. The highest BCUT2D eigenvalue weighted by Crippen LogP contribution is 2.46. The Morgan fingerprint density at radius 3 is 2.70 bits per heavy atom.